The summed E-state index contributed by atoms with van der Waals surface area (Å²) in [5, 5.41) is 42.4. The van der Waals surface area contributed by atoms with Gasteiger partial charge in [0.2, 0.25) is 11.5 Å². The standard InChI is InChI=1S/C10H10N4O3.C10H12N4O.C8H8N2O4.C6H15NO.C2H6O.CH4/c1-6-11-10(13-12-6)7-4-3-5-8(14(15)16)9(7)17-2;1-6-12-10(14-13-6)7-4-3-5-8(11)9(7)15-2;1-14-7-5(8(9)11)3-2-4-6(7)10(12)13;1-6(2,8-5)7(3)4;1-2-3;/h3-5H,1-2H3,(H,11,12,13);3-5H,11H2,1-2H3,(H,12,13,14);2-4H,1H3,(H2,9,11);1-5H3;3H,2H2,1H3;1H4. The van der Waals surface area contributed by atoms with Gasteiger partial charge in [-0.2, -0.15) is 10.2 Å². The number of amides is 1. The molecule has 0 aliphatic heterocycles. The highest BCUT2D eigenvalue weighted by Crippen LogP contribution is 2.36. The van der Waals surface area contributed by atoms with Gasteiger partial charge in [0.05, 0.1) is 53.6 Å². The van der Waals surface area contributed by atoms with Crippen LogP contribution in [0.5, 0.6) is 17.2 Å². The molecule has 2 heterocycles. The molecule has 3 aromatic carbocycles. The minimum atomic E-state index is -0.759. The van der Waals surface area contributed by atoms with Crippen molar-refractivity contribution in [3.63, 3.8) is 0 Å². The Morgan fingerprint density at radius 3 is 1.52 bits per heavy atom. The lowest BCUT2D eigenvalue weighted by Crippen LogP contribution is -2.39. The van der Waals surface area contributed by atoms with E-state index in [4.69, 9.17) is 35.5 Å². The monoisotopic (exact) mass is 813 g/mol. The number of aromatic amines is 2. The molecular weight excluding hydrogens is 758 g/mol. The number of hydrogen-bond donors (Lipinski definition) is 5. The minimum absolute atomic E-state index is 0. The molecule has 0 atom stereocenters. The number of nitrogens with two attached hydrogens (primary N) is 2. The molecular formula is C37H55N11O10. The van der Waals surface area contributed by atoms with E-state index >= 15 is 0 Å². The van der Waals surface area contributed by atoms with Crippen molar-refractivity contribution in [3.05, 3.63) is 92.0 Å². The normalized spacial score (nSPS) is 10.0. The molecule has 21 nitrogen and oxygen atoms in total. The number of aliphatic hydroxyl groups excluding tert-OH is 1. The van der Waals surface area contributed by atoms with E-state index in [0.717, 1.165) is 11.4 Å². The van der Waals surface area contributed by atoms with E-state index in [9.17, 15) is 25.0 Å². The summed E-state index contributed by atoms with van der Waals surface area (Å²) in [5.74, 6) is 2.27. The van der Waals surface area contributed by atoms with Gasteiger partial charge in [-0.05, 0) is 73.0 Å². The Hall–Kier alpha value is -6.71. The number of aryl methyl sites for hydroxylation is 2. The van der Waals surface area contributed by atoms with Crippen molar-refractivity contribution < 1.29 is 38.7 Å². The summed E-state index contributed by atoms with van der Waals surface area (Å²) >= 11 is 0. The Kier molecular flexibility index (Phi) is 21.9. The molecule has 58 heavy (non-hydrogen) atoms. The summed E-state index contributed by atoms with van der Waals surface area (Å²) in [6.07, 6.45) is 0. The first kappa shape index (κ1) is 51.3. The van der Waals surface area contributed by atoms with Crippen molar-refractivity contribution in [1.29, 1.82) is 0 Å². The number of para-hydroxylation sites is 3. The van der Waals surface area contributed by atoms with Crippen LogP contribution < -0.4 is 25.7 Å². The van der Waals surface area contributed by atoms with Crippen molar-refractivity contribution in [1.82, 2.24) is 35.3 Å². The fourth-order valence-electron chi connectivity index (χ4n) is 4.20. The van der Waals surface area contributed by atoms with Crippen LogP contribution in [0.1, 0.15) is 50.2 Å². The van der Waals surface area contributed by atoms with E-state index in [-0.39, 0.29) is 48.2 Å². The van der Waals surface area contributed by atoms with Gasteiger partial charge in [0, 0.05) is 25.8 Å². The van der Waals surface area contributed by atoms with Crippen molar-refractivity contribution in [2.24, 2.45) is 5.73 Å². The lowest BCUT2D eigenvalue weighted by Gasteiger charge is -2.30. The minimum Gasteiger partial charge on any atom is -0.494 e. The fraction of sp³-hybridized carbons (Fsp3) is 0.378. The topological polar surface area (TPSA) is 299 Å². The summed E-state index contributed by atoms with van der Waals surface area (Å²) in [7, 11) is 9.89. The maximum atomic E-state index is 10.9. The predicted molar refractivity (Wildman–Crippen MR) is 220 cm³/mol. The average Bonchev–Trinajstić information content (AvgIpc) is 3.82. The number of rotatable bonds is 10. The number of carbonyl (C=O) groups is 1. The highest BCUT2D eigenvalue weighted by atomic mass is 16.6. The van der Waals surface area contributed by atoms with Crippen LogP contribution in [-0.4, -0.2) is 111 Å². The highest BCUT2D eigenvalue weighted by Gasteiger charge is 2.22. The van der Waals surface area contributed by atoms with Crippen LogP contribution >= 0.6 is 0 Å². The van der Waals surface area contributed by atoms with Crippen LogP contribution in [0, 0.1) is 34.1 Å². The number of H-pyrrole nitrogens is 2. The van der Waals surface area contributed by atoms with Crippen molar-refractivity contribution in [2.75, 3.05) is 54.9 Å². The van der Waals surface area contributed by atoms with E-state index in [1.54, 1.807) is 46.3 Å². The summed E-state index contributed by atoms with van der Waals surface area (Å²) < 4.78 is 20.2. The van der Waals surface area contributed by atoms with Gasteiger partial charge in [-0.1, -0.05) is 25.6 Å². The summed E-state index contributed by atoms with van der Waals surface area (Å²) in [5.41, 5.74) is 12.2. The lowest BCUT2D eigenvalue weighted by atomic mass is 10.1. The number of carbonyl (C=O) groups excluding carboxylic acids is 1. The van der Waals surface area contributed by atoms with E-state index in [1.165, 1.54) is 38.5 Å². The van der Waals surface area contributed by atoms with E-state index in [0.29, 0.717) is 34.5 Å². The summed E-state index contributed by atoms with van der Waals surface area (Å²) in [6, 6.07) is 14.1. The molecule has 7 N–H and O–H groups in total. The number of nitrogens with zero attached hydrogens (tertiary/aromatic N) is 7. The zero-order valence-electron chi connectivity index (χ0n) is 33.8. The van der Waals surface area contributed by atoms with Gasteiger partial charge in [-0.15, -0.1) is 0 Å². The molecule has 5 aromatic rings. The third-order valence-electron chi connectivity index (χ3n) is 7.56. The number of aliphatic hydroxyl groups is 1. The molecule has 2 aromatic heterocycles. The maximum Gasteiger partial charge on any atom is 0.311 e. The third kappa shape index (κ3) is 14.7. The molecule has 0 radical (unpaired) electrons. The number of anilines is 1. The number of aromatic nitrogens is 6. The second-order valence-corrected chi connectivity index (χ2v) is 11.9. The Morgan fingerprint density at radius 2 is 1.19 bits per heavy atom. The second-order valence-electron chi connectivity index (χ2n) is 11.9. The van der Waals surface area contributed by atoms with Gasteiger partial charge >= 0.3 is 11.4 Å². The number of benzene rings is 3. The Labute approximate surface area is 337 Å². The van der Waals surface area contributed by atoms with Crippen LogP contribution in [0.2, 0.25) is 0 Å². The zero-order valence-corrected chi connectivity index (χ0v) is 33.8. The maximum absolute atomic E-state index is 10.9. The smallest absolute Gasteiger partial charge is 0.311 e. The first-order valence-corrected chi connectivity index (χ1v) is 16.8. The number of nitro benzene ring substituents is 2. The molecule has 0 aliphatic rings. The van der Waals surface area contributed by atoms with E-state index in [1.807, 2.05) is 51.9 Å². The lowest BCUT2D eigenvalue weighted by molar-refractivity contribution is -0.385. The quantitative estimate of drug-likeness (QED) is 0.0515. The van der Waals surface area contributed by atoms with Gasteiger partial charge in [0.1, 0.15) is 17.4 Å². The van der Waals surface area contributed by atoms with Crippen molar-refractivity contribution >= 4 is 23.0 Å². The Morgan fingerprint density at radius 1 is 0.793 bits per heavy atom. The molecule has 0 aliphatic carbocycles. The summed E-state index contributed by atoms with van der Waals surface area (Å²) in [6.45, 7) is 9.57. The summed E-state index contributed by atoms with van der Waals surface area (Å²) in [4.78, 5) is 41.5. The Bertz CT molecular complexity index is 2020. The van der Waals surface area contributed by atoms with Crippen LogP contribution in [0.15, 0.2) is 54.6 Å². The number of methoxy groups -OCH3 is 4. The van der Waals surface area contributed by atoms with Crippen LogP contribution in [0.4, 0.5) is 17.1 Å². The number of nitrogens with one attached hydrogen (secondary N) is 2. The molecule has 1 amide bonds. The number of nitrogen functional groups attached to an aromatic ring is 1. The average molecular weight is 814 g/mol. The second kappa shape index (κ2) is 24.7. The molecule has 0 bridgehead atoms. The Balaban J connectivity index is 0.000000744. The fourth-order valence-corrected chi connectivity index (χ4v) is 4.20. The molecule has 0 saturated heterocycles. The molecule has 0 fully saturated rings. The zero-order chi connectivity index (χ0) is 43.5. The largest absolute Gasteiger partial charge is 0.494 e. The van der Waals surface area contributed by atoms with E-state index < -0.39 is 15.8 Å². The SMILES string of the molecule is C.CCO.COC(C)(C)N(C)C.COc1c(-c2n[nH]c(C)n2)cccc1[N+](=O)[O-].COc1c(C(N)=O)cccc1[N+](=O)[O-].COc1c(N)cccc1-c1n[nH]c(C)n1. The number of nitro groups is 2. The van der Waals surface area contributed by atoms with Crippen molar-refractivity contribution in [3.8, 4) is 40.0 Å². The van der Waals surface area contributed by atoms with Gasteiger partial charge in [0.25, 0.3) is 5.91 Å². The molecule has 5 rings (SSSR count). The highest BCUT2D eigenvalue weighted by molar-refractivity contribution is 5.97. The van der Waals surface area contributed by atoms with Crippen LogP contribution in [-0.2, 0) is 4.74 Å². The van der Waals surface area contributed by atoms with Gasteiger partial charge in [-0.3, -0.25) is 40.1 Å². The van der Waals surface area contributed by atoms with E-state index in [2.05, 4.69) is 30.4 Å². The molecule has 0 unspecified atom stereocenters. The predicted octanol–water partition coefficient (Wildman–Crippen LogP) is 5.34. The number of hydrogen-bond acceptors (Lipinski definition) is 16. The first-order chi connectivity index (χ1) is 26.8. The number of primary amides is 1. The number of ether oxygens (including phenoxy) is 4. The molecule has 0 spiro atoms. The van der Waals surface area contributed by atoms with Crippen LogP contribution in [0.25, 0.3) is 22.8 Å². The molecule has 318 valence electrons. The van der Waals surface area contributed by atoms with Gasteiger partial charge in [0.15, 0.2) is 17.4 Å². The van der Waals surface area contributed by atoms with Gasteiger partial charge in [-0.25, -0.2) is 9.97 Å². The third-order valence-corrected chi connectivity index (χ3v) is 7.56. The van der Waals surface area contributed by atoms with Crippen molar-refractivity contribution in [2.45, 2.75) is 47.8 Å². The molecule has 0 saturated carbocycles. The molecule has 21 heteroatoms. The van der Waals surface area contributed by atoms with Crippen LogP contribution in [0.3, 0.4) is 0 Å². The van der Waals surface area contributed by atoms with Gasteiger partial charge < -0.3 is 35.5 Å². The first-order valence-electron chi connectivity index (χ1n) is 16.8.